The Morgan fingerprint density at radius 3 is 2.75 bits per heavy atom. The Morgan fingerprint density at radius 2 is 2.08 bits per heavy atom. The van der Waals surface area contributed by atoms with Gasteiger partial charge in [0.25, 0.3) is 0 Å². The second-order valence-corrected chi connectivity index (χ2v) is 2.81. The molecule has 0 fully saturated rings. The maximum absolute atomic E-state index is 11.8. The zero-order valence-corrected chi connectivity index (χ0v) is 7.43. The Balaban J connectivity index is 2.75. The van der Waals surface area contributed by atoms with Crippen LogP contribution >= 0.6 is 0 Å². The van der Waals surface area contributed by atoms with E-state index in [0.717, 1.165) is 16.9 Å². The standard InChI is InChI=1S/C10H13FO/c1-8-3-4-9(2)10(7-8)12-6-5-11/h3-4,7H,5-6H2,1-2H3. The van der Waals surface area contributed by atoms with Crippen molar-refractivity contribution in [3.05, 3.63) is 29.3 Å². The molecular formula is C10H13FO. The minimum atomic E-state index is -0.437. The summed E-state index contributed by atoms with van der Waals surface area (Å²) in [6.45, 7) is 3.65. The van der Waals surface area contributed by atoms with Crippen LogP contribution in [-0.2, 0) is 0 Å². The minimum absolute atomic E-state index is 0.143. The van der Waals surface area contributed by atoms with Gasteiger partial charge in [0.05, 0.1) is 0 Å². The van der Waals surface area contributed by atoms with Crippen LogP contribution in [0.1, 0.15) is 11.1 Å². The highest BCUT2D eigenvalue weighted by atomic mass is 19.1. The van der Waals surface area contributed by atoms with E-state index < -0.39 is 6.67 Å². The van der Waals surface area contributed by atoms with E-state index in [2.05, 4.69) is 0 Å². The topological polar surface area (TPSA) is 9.23 Å². The van der Waals surface area contributed by atoms with Gasteiger partial charge in [-0.05, 0) is 31.0 Å². The number of hydrogen-bond donors (Lipinski definition) is 0. The SMILES string of the molecule is Cc1ccc(C)c(OCCF)c1. The molecule has 0 atom stereocenters. The van der Waals surface area contributed by atoms with Crippen LogP contribution in [-0.4, -0.2) is 13.3 Å². The zero-order chi connectivity index (χ0) is 8.97. The first kappa shape index (κ1) is 9.04. The van der Waals surface area contributed by atoms with Crippen LogP contribution < -0.4 is 4.74 Å². The van der Waals surface area contributed by atoms with E-state index in [4.69, 9.17) is 4.74 Å². The number of alkyl halides is 1. The minimum Gasteiger partial charge on any atom is -0.491 e. The summed E-state index contributed by atoms with van der Waals surface area (Å²) in [5.41, 5.74) is 2.18. The predicted octanol–water partition coefficient (Wildman–Crippen LogP) is 2.65. The average Bonchev–Trinajstić information content (AvgIpc) is 2.07. The summed E-state index contributed by atoms with van der Waals surface area (Å²) < 4.78 is 17.0. The van der Waals surface area contributed by atoms with Crippen molar-refractivity contribution in [1.29, 1.82) is 0 Å². The maximum Gasteiger partial charge on any atom is 0.123 e. The van der Waals surface area contributed by atoms with E-state index in [1.54, 1.807) is 0 Å². The van der Waals surface area contributed by atoms with Gasteiger partial charge < -0.3 is 4.74 Å². The third-order valence-corrected chi connectivity index (χ3v) is 1.68. The van der Waals surface area contributed by atoms with Crippen LogP contribution in [0.4, 0.5) is 4.39 Å². The second-order valence-electron chi connectivity index (χ2n) is 2.81. The van der Waals surface area contributed by atoms with E-state index in [-0.39, 0.29) is 6.61 Å². The first-order valence-corrected chi connectivity index (χ1v) is 4.00. The van der Waals surface area contributed by atoms with Crippen LogP contribution in [0, 0.1) is 13.8 Å². The van der Waals surface area contributed by atoms with Gasteiger partial charge in [-0.15, -0.1) is 0 Å². The van der Waals surface area contributed by atoms with Gasteiger partial charge in [-0.1, -0.05) is 12.1 Å². The maximum atomic E-state index is 11.8. The summed E-state index contributed by atoms with van der Waals surface area (Å²) >= 11 is 0. The van der Waals surface area contributed by atoms with Crippen molar-refractivity contribution in [2.45, 2.75) is 13.8 Å². The number of rotatable bonds is 3. The molecule has 0 aliphatic rings. The lowest BCUT2D eigenvalue weighted by atomic mass is 10.1. The molecule has 0 N–H and O–H groups in total. The molecule has 0 saturated heterocycles. The van der Waals surface area contributed by atoms with Gasteiger partial charge in [0, 0.05) is 0 Å². The molecule has 0 aromatic heterocycles. The Morgan fingerprint density at radius 1 is 1.33 bits per heavy atom. The zero-order valence-electron chi connectivity index (χ0n) is 7.43. The summed E-state index contributed by atoms with van der Waals surface area (Å²) in [5.74, 6) is 0.785. The van der Waals surface area contributed by atoms with Gasteiger partial charge in [0.1, 0.15) is 19.0 Å². The molecule has 0 amide bonds. The second kappa shape index (κ2) is 4.10. The van der Waals surface area contributed by atoms with Crippen molar-refractivity contribution < 1.29 is 9.13 Å². The molecule has 0 bridgehead atoms. The molecule has 0 unspecified atom stereocenters. The Bertz CT molecular complexity index is 258. The van der Waals surface area contributed by atoms with Crippen molar-refractivity contribution in [2.75, 3.05) is 13.3 Å². The molecule has 12 heavy (non-hydrogen) atoms. The molecule has 0 saturated carbocycles. The number of hydrogen-bond acceptors (Lipinski definition) is 1. The van der Waals surface area contributed by atoms with Crippen molar-refractivity contribution >= 4 is 0 Å². The van der Waals surface area contributed by atoms with Crippen molar-refractivity contribution in [1.82, 2.24) is 0 Å². The highest BCUT2D eigenvalue weighted by Crippen LogP contribution is 2.18. The molecule has 0 aliphatic carbocycles. The van der Waals surface area contributed by atoms with Crippen LogP contribution in [0.25, 0.3) is 0 Å². The highest BCUT2D eigenvalue weighted by molar-refractivity contribution is 5.35. The number of ether oxygens (including phenoxy) is 1. The van der Waals surface area contributed by atoms with Crippen LogP contribution in [0.3, 0.4) is 0 Å². The smallest absolute Gasteiger partial charge is 0.123 e. The van der Waals surface area contributed by atoms with E-state index in [0.29, 0.717) is 0 Å². The van der Waals surface area contributed by atoms with Crippen LogP contribution in [0.5, 0.6) is 5.75 Å². The van der Waals surface area contributed by atoms with Gasteiger partial charge in [0.15, 0.2) is 0 Å². The van der Waals surface area contributed by atoms with Crippen LogP contribution in [0.2, 0.25) is 0 Å². The van der Waals surface area contributed by atoms with Crippen LogP contribution in [0.15, 0.2) is 18.2 Å². The molecule has 0 spiro atoms. The highest BCUT2D eigenvalue weighted by Gasteiger charge is 1.98. The lowest BCUT2D eigenvalue weighted by molar-refractivity contribution is 0.271. The average molecular weight is 168 g/mol. The van der Waals surface area contributed by atoms with Gasteiger partial charge in [-0.3, -0.25) is 0 Å². The molecule has 66 valence electrons. The first-order chi connectivity index (χ1) is 5.74. The van der Waals surface area contributed by atoms with E-state index in [1.807, 2.05) is 32.0 Å². The Kier molecular flexibility index (Phi) is 3.09. The summed E-state index contributed by atoms with van der Waals surface area (Å²) in [6, 6.07) is 5.91. The molecule has 0 aliphatic heterocycles. The third-order valence-electron chi connectivity index (χ3n) is 1.68. The summed E-state index contributed by atoms with van der Waals surface area (Å²) in [4.78, 5) is 0. The normalized spacial score (nSPS) is 9.92. The molecule has 0 heterocycles. The molecule has 1 rings (SSSR count). The third kappa shape index (κ3) is 2.22. The van der Waals surface area contributed by atoms with Gasteiger partial charge in [0.2, 0.25) is 0 Å². The quantitative estimate of drug-likeness (QED) is 0.674. The fourth-order valence-corrected chi connectivity index (χ4v) is 1.01. The predicted molar refractivity (Wildman–Crippen MR) is 47.4 cm³/mol. The lowest BCUT2D eigenvalue weighted by Crippen LogP contribution is -2.00. The largest absolute Gasteiger partial charge is 0.491 e. The molecule has 1 nitrogen and oxygen atoms in total. The van der Waals surface area contributed by atoms with Gasteiger partial charge >= 0.3 is 0 Å². The number of halogens is 1. The molecular weight excluding hydrogens is 155 g/mol. The number of aryl methyl sites for hydroxylation is 2. The fraction of sp³-hybridized carbons (Fsp3) is 0.400. The van der Waals surface area contributed by atoms with E-state index >= 15 is 0 Å². The fourth-order valence-electron chi connectivity index (χ4n) is 1.01. The Hall–Kier alpha value is -1.05. The summed E-state index contributed by atoms with van der Waals surface area (Å²) in [6.07, 6.45) is 0. The lowest BCUT2D eigenvalue weighted by Gasteiger charge is -2.07. The first-order valence-electron chi connectivity index (χ1n) is 4.00. The molecule has 1 aromatic rings. The van der Waals surface area contributed by atoms with E-state index in [1.165, 1.54) is 0 Å². The van der Waals surface area contributed by atoms with Crippen molar-refractivity contribution in [3.8, 4) is 5.75 Å². The van der Waals surface area contributed by atoms with E-state index in [9.17, 15) is 4.39 Å². The number of benzene rings is 1. The molecule has 0 radical (unpaired) electrons. The summed E-state index contributed by atoms with van der Waals surface area (Å²) in [5, 5.41) is 0. The molecule has 2 heteroatoms. The molecule has 1 aromatic carbocycles. The van der Waals surface area contributed by atoms with Crippen molar-refractivity contribution in [2.24, 2.45) is 0 Å². The van der Waals surface area contributed by atoms with Gasteiger partial charge in [-0.2, -0.15) is 0 Å². The Labute approximate surface area is 72.2 Å². The summed E-state index contributed by atoms with van der Waals surface area (Å²) in [7, 11) is 0. The van der Waals surface area contributed by atoms with Crippen molar-refractivity contribution in [3.63, 3.8) is 0 Å². The monoisotopic (exact) mass is 168 g/mol. The van der Waals surface area contributed by atoms with Gasteiger partial charge in [-0.25, -0.2) is 4.39 Å².